The van der Waals surface area contributed by atoms with E-state index >= 15 is 0 Å². The predicted octanol–water partition coefficient (Wildman–Crippen LogP) is 3.40. The maximum Gasteiger partial charge on any atom is 0.352 e. The van der Waals surface area contributed by atoms with Crippen LogP contribution >= 0.6 is 0 Å². The molecule has 1 amide bonds. The standard InChI is InChI=1S/C20H15NO4/c22-18-11-10-14(15-8-4-5-9-16(15)18)12-17(20(24)25)21-19(23)13-6-2-1-3-7-13/h1-12,22H,(H,21,23)(H,24,25)/b17-12-. The molecule has 5 nitrogen and oxygen atoms in total. The molecule has 3 N–H and O–H groups in total. The number of carboxylic acid groups (broad SMARTS) is 1. The van der Waals surface area contributed by atoms with E-state index in [4.69, 9.17) is 0 Å². The SMILES string of the molecule is O=C(O)/C(=C/c1ccc(O)c2ccccc12)NC(=O)c1ccccc1. The van der Waals surface area contributed by atoms with E-state index in [0.717, 1.165) is 0 Å². The van der Waals surface area contributed by atoms with Crippen LogP contribution in [0.4, 0.5) is 0 Å². The fraction of sp³-hybridized carbons (Fsp3) is 0. The zero-order valence-electron chi connectivity index (χ0n) is 13.1. The molecule has 0 aliphatic carbocycles. The number of aliphatic carboxylic acids is 1. The van der Waals surface area contributed by atoms with Crippen LogP contribution in [0, 0.1) is 0 Å². The number of carbonyl (C=O) groups is 2. The van der Waals surface area contributed by atoms with E-state index in [0.29, 0.717) is 21.9 Å². The number of fused-ring (bicyclic) bond motifs is 1. The monoisotopic (exact) mass is 333 g/mol. The van der Waals surface area contributed by atoms with Gasteiger partial charge in [0.05, 0.1) is 0 Å². The Labute approximate surface area is 143 Å². The summed E-state index contributed by atoms with van der Waals surface area (Å²) in [5.74, 6) is -1.64. The van der Waals surface area contributed by atoms with Gasteiger partial charge in [-0.05, 0) is 35.2 Å². The molecule has 25 heavy (non-hydrogen) atoms. The van der Waals surface area contributed by atoms with Crippen LogP contribution in [-0.4, -0.2) is 22.1 Å². The molecule has 0 bridgehead atoms. The largest absolute Gasteiger partial charge is 0.507 e. The first kappa shape index (κ1) is 16.3. The molecule has 0 radical (unpaired) electrons. The van der Waals surface area contributed by atoms with Gasteiger partial charge in [0.2, 0.25) is 0 Å². The third kappa shape index (κ3) is 3.50. The van der Waals surface area contributed by atoms with Gasteiger partial charge in [0.15, 0.2) is 0 Å². The quantitative estimate of drug-likeness (QED) is 0.639. The number of phenols is 1. The third-order valence-corrected chi connectivity index (χ3v) is 3.75. The van der Waals surface area contributed by atoms with Crippen LogP contribution in [-0.2, 0) is 4.79 Å². The van der Waals surface area contributed by atoms with Crippen molar-refractivity contribution in [3.63, 3.8) is 0 Å². The van der Waals surface area contributed by atoms with Crippen molar-refractivity contribution in [1.82, 2.24) is 5.32 Å². The summed E-state index contributed by atoms with van der Waals surface area (Å²) in [6, 6.07) is 18.6. The van der Waals surface area contributed by atoms with Gasteiger partial charge in [-0.25, -0.2) is 4.79 Å². The van der Waals surface area contributed by atoms with Crippen LogP contribution in [0.3, 0.4) is 0 Å². The number of phenolic OH excluding ortho intramolecular Hbond substituents is 1. The second kappa shape index (κ2) is 6.88. The van der Waals surface area contributed by atoms with Gasteiger partial charge in [0.1, 0.15) is 11.4 Å². The van der Waals surface area contributed by atoms with E-state index < -0.39 is 11.9 Å². The minimum atomic E-state index is -1.25. The zero-order valence-corrected chi connectivity index (χ0v) is 13.1. The van der Waals surface area contributed by atoms with Crippen LogP contribution in [0.5, 0.6) is 5.75 Å². The summed E-state index contributed by atoms with van der Waals surface area (Å²) in [6.45, 7) is 0. The van der Waals surface area contributed by atoms with Crippen LogP contribution in [0.2, 0.25) is 0 Å². The van der Waals surface area contributed by atoms with Crippen LogP contribution < -0.4 is 5.32 Å². The molecule has 0 atom stereocenters. The van der Waals surface area contributed by atoms with Crippen LogP contribution in [0.25, 0.3) is 16.8 Å². The first-order valence-electron chi connectivity index (χ1n) is 7.58. The van der Waals surface area contributed by atoms with Gasteiger partial charge in [-0.2, -0.15) is 0 Å². The highest BCUT2D eigenvalue weighted by Gasteiger charge is 2.14. The summed E-state index contributed by atoms with van der Waals surface area (Å²) in [5, 5.41) is 23.1. The van der Waals surface area contributed by atoms with Crippen molar-refractivity contribution in [3.8, 4) is 5.75 Å². The summed E-state index contributed by atoms with van der Waals surface area (Å²) in [7, 11) is 0. The first-order valence-corrected chi connectivity index (χ1v) is 7.58. The highest BCUT2D eigenvalue weighted by atomic mass is 16.4. The number of rotatable bonds is 4. The third-order valence-electron chi connectivity index (χ3n) is 3.75. The Kier molecular flexibility index (Phi) is 4.48. The predicted molar refractivity (Wildman–Crippen MR) is 95.1 cm³/mol. The van der Waals surface area contributed by atoms with Gasteiger partial charge in [-0.1, -0.05) is 48.5 Å². The van der Waals surface area contributed by atoms with Crippen LogP contribution in [0.15, 0.2) is 72.4 Å². The van der Waals surface area contributed by atoms with Crippen molar-refractivity contribution in [2.75, 3.05) is 0 Å². The molecule has 0 aliphatic heterocycles. The molecule has 124 valence electrons. The fourth-order valence-corrected chi connectivity index (χ4v) is 2.52. The molecule has 3 aromatic carbocycles. The van der Waals surface area contributed by atoms with Crippen LogP contribution in [0.1, 0.15) is 15.9 Å². The molecule has 0 unspecified atom stereocenters. The topological polar surface area (TPSA) is 86.6 Å². The van der Waals surface area contributed by atoms with E-state index in [9.17, 15) is 19.8 Å². The van der Waals surface area contributed by atoms with Crippen molar-refractivity contribution in [1.29, 1.82) is 0 Å². The molecule has 5 heteroatoms. The Morgan fingerprint density at radius 1 is 0.840 bits per heavy atom. The number of amides is 1. The molecule has 0 saturated carbocycles. The summed E-state index contributed by atoms with van der Waals surface area (Å²) in [6.07, 6.45) is 1.38. The fourth-order valence-electron chi connectivity index (χ4n) is 2.52. The molecule has 0 aromatic heterocycles. The minimum Gasteiger partial charge on any atom is -0.507 e. The highest BCUT2D eigenvalue weighted by molar-refractivity contribution is 6.04. The average molecular weight is 333 g/mol. The smallest absolute Gasteiger partial charge is 0.352 e. The number of benzene rings is 3. The molecule has 0 heterocycles. The average Bonchev–Trinajstić information content (AvgIpc) is 2.64. The molecule has 3 aromatic rings. The Balaban J connectivity index is 2.00. The van der Waals surface area contributed by atoms with E-state index in [-0.39, 0.29) is 11.4 Å². The Bertz CT molecular complexity index is 977. The van der Waals surface area contributed by atoms with Gasteiger partial charge < -0.3 is 15.5 Å². The number of aromatic hydroxyl groups is 1. The lowest BCUT2D eigenvalue weighted by Gasteiger charge is -2.08. The van der Waals surface area contributed by atoms with E-state index in [1.165, 1.54) is 12.1 Å². The molecular formula is C20H15NO4. The summed E-state index contributed by atoms with van der Waals surface area (Å²) < 4.78 is 0. The number of hydrogen-bond acceptors (Lipinski definition) is 3. The second-order valence-electron chi connectivity index (χ2n) is 5.40. The van der Waals surface area contributed by atoms with E-state index in [1.807, 2.05) is 0 Å². The van der Waals surface area contributed by atoms with E-state index in [1.54, 1.807) is 60.7 Å². The number of nitrogens with one attached hydrogen (secondary N) is 1. The van der Waals surface area contributed by atoms with Crippen molar-refractivity contribution >= 4 is 28.7 Å². The zero-order chi connectivity index (χ0) is 17.8. The normalized spacial score (nSPS) is 11.3. The Morgan fingerprint density at radius 2 is 1.48 bits per heavy atom. The van der Waals surface area contributed by atoms with Crippen molar-refractivity contribution < 1.29 is 19.8 Å². The molecule has 0 saturated heterocycles. The Morgan fingerprint density at radius 3 is 2.16 bits per heavy atom. The number of carboxylic acids is 1. The van der Waals surface area contributed by atoms with Gasteiger partial charge in [-0.3, -0.25) is 4.79 Å². The summed E-state index contributed by atoms with van der Waals surface area (Å²) in [5.41, 5.74) is 0.703. The number of carbonyl (C=O) groups excluding carboxylic acids is 1. The molecule has 3 rings (SSSR count). The van der Waals surface area contributed by atoms with Gasteiger partial charge in [0.25, 0.3) is 5.91 Å². The summed E-state index contributed by atoms with van der Waals surface area (Å²) >= 11 is 0. The van der Waals surface area contributed by atoms with Crippen molar-refractivity contribution in [2.24, 2.45) is 0 Å². The number of hydrogen-bond donors (Lipinski definition) is 3. The van der Waals surface area contributed by atoms with Gasteiger partial charge >= 0.3 is 5.97 Å². The lowest BCUT2D eigenvalue weighted by atomic mass is 10.0. The van der Waals surface area contributed by atoms with Gasteiger partial charge in [-0.15, -0.1) is 0 Å². The maximum absolute atomic E-state index is 12.2. The summed E-state index contributed by atoms with van der Waals surface area (Å²) in [4.78, 5) is 23.8. The maximum atomic E-state index is 12.2. The Hall–Kier alpha value is -3.60. The molecule has 0 aliphatic rings. The van der Waals surface area contributed by atoms with Gasteiger partial charge in [0, 0.05) is 10.9 Å². The van der Waals surface area contributed by atoms with E-state index in [2.05, 4.69) is 5.32 Å². The van der Waals surface area contributed by atoms with Crippen molar-refractivity contribution in [2.45, 2.75) is 0 Å². The highest BCUT2D eigenvalue weighted by Crippen LogP contribution is 2.28. The first-order chi connectivity index (χ1) is 12.1. The molecule has 0 spiro atoms. The molecule has 0 fully saturated rings. The second-order valence-corrected chi connectivity index (χ2v) is 5.40. The minimum absolute atomic E-state index is 0.109. The lowest BCUT2D eigenvalue weighted by molar-refractivity contribution is -0.132. The lowest BCUT2D eigenvalue weighted by Crippen LogP contribution is -2.27. The van der Waals surface area contributed by atoms with Crippen molar-refractivity contribution in [3.05, 3.63) is 83.6 Å². The molecular weight excluding hydrogens is 318 g/mol.